The van der Waals surface area contributed by atoms with Gasteiger partial charge in [-0.25, -0.2) is 0 Å². The molecule has 2 rings (SSSR count). The number of furan rings is 1. The standard InChI is InChI=1S/C16H23NO2/c1-10(9-18)12(3)17-13(4)16-11(2)14-7-5-6-8-15(14)19-16/h5-8,10,12-13,17-18H,9H2,1-4H3. The summed E-state index contributed by atoms with van der Waals surface area (Å²) in [5, 5.41) is 13.9. The van der Waals surface area contributed by atoms with Crippen LogP contribution in [-0.4, -0.2) is 17.8 Å². The van der Waals surface area contributed by atoms with Crippen LogP contribution in [0.25, 0.3) is 11.0 Å². The average molecular weight is 261 g/mol. The second-order valence-electron chi connectivity index (χ2n) is 5.42. The van der Waals surface area contributed by atoms with Crippen LogP contribution < -0.4 is 5.32 Å². The van der Waals surface area contributed by atoms with Gasteiger partial charge in [0.25, 0.3) is 0 Å². The van der Waals surface area contributed by atoms with E-state index in [9.17, 15) is 5.11 Å². The minimum atomic E-state index is 0.136. The van der Waals surface area contributed by atoms with Gasteiger partial charge in [0, 0.05) is 18.0 Å². The van der Waals surface area contributed by atoms with Gasteiger partial charge in [-0.3, -0.25) is 0 Å². The highest BCUT2D eigenvalue weighted by molar-refractivity contribution is 5.82. The Morgan fingerprint density at radius 1 is 1.21 bits per heavy atom. The summed E-state index contributed by atoms with van der Waals surface area (Å²) in [5.74, 6) is 1.21. The molecule has 0 fully saturated rings. The molecular formula is C16H23NO2. The zero-order chi connectivity index (χ0) is 14.0. The highest BCUT2D eigenvalue weighted by Gasteiger charge is 2.20. The average Bonchev–Trinajstić information content (AvgIpc) is 2.75. The van der Waals surface area contributed by atoms with Gasteiger partial charge in [0.05, 0.1) is 6.04 Å². The topological polar surface area (TPSA) is 45.4 Å². The van der Waals surface area contributed by atoms with Crippen LogP contribution in [0.4, 0.5) is 0 Å². The van der Waals surface area contributed by atoms with E-state index in [2.05, 4.69) is 32.2 Å². The maximum atomic E-state index is 9.19. The summed E-state index contributed by atoms with van der Waals surface area (Å²) in [6.07, 6.45) is 0. The summed E-state index contributed by atoms with van der Waals surface area (Å²) in [7, 11) is 0. The van der Waals surface area contributed by atoms with Gasteiger partial charge in [-0.05, 0) is 38.3 Å². The van der Waals surface area contributed by atoms with Crippen LogP contribution in [0.15, 0.2) is 28.7 Å². The Labute approximate surface area is 114 Å². The molecule has 0 bridgehead atoms. The monoisotopic (exact) mass is 261 g/mol. The van der Waals surface area contributed by atoms with E-state index < -0.39 is 0 Å². The van der Waals surface area contributed by atoms with Gasteiger partial charge in [-0.15, -0.1) is 0 Å². The molecule has 0 aliphatic carbocycles. The minimum Gasteiger partial charge on any atom is -0.459 e. The molecular weight excluding hydrogens is 238 g/mol. The normalized spacial score (nSPS) is 16.5. The van der Waals surface area contributed by atoms with Crippen molar-refractivity contribution in [3.63, 3.8) is 0 Å². The molecule has 2 N–H and O–H groups in total. The first kappa shape index (κ1) is 14.1. The lowest BCUT2D eigenvalue weighted by molar-refractivity contribution is 0.200. The molecule has 3 atom stereocenters. The van der Waals surface area contributed by atoms with Crippen LogP contribution in [0.1, 0.15) is 38.1 Å². The van der Waals surface area contributed by atoms with Crippen LogP contribution in [0.5, 0.6) is 0 Å². The number of aryl methyl sites for hydroxylation is 1. The van der Waals surface area contributed by atoms with E-state index >= 15 is 0 Å². The fourth-order valence-electron chi connectivity index (χ4n) is 2.40. The molecule has 3 unspecified atom stereocenters. The third-order valence-corrected chi connectivity index (χ3v) is 3.93. The lowest BCUT2D eigenvalue weighted by Gasteiger charge is -2.23. The Morgan fingerprint density at radius 3 is 2.53 bits per heavy atom. The summed E-state index contributed by atoms with van der Waals surface area (Å²) in [6, 6.07) is 8.49. The van der Waals surface area contributed by atoms with E-state index in [1.54, 1.807) is 0 Å². The molecule has 0 aliphatic rings. The number of nitrogens with one attached hydrogen (secondary N) is 1. The molecule has 19 heavy (non-hydrogen) atoms. The van der Waals surface area contributed by atoms with Gasteiger partial charge < -0.3 is 14.8 Å². The van der Waals surface area contributed by atoms with Crippen LogP contribution in [0, 0.1) is 12.8 Å². The molecule has 0 amide bonds. The Hall–Kier alpha value is -1.32. The zero-order valence-corrected chi connectivity index (χ0v) is 12.1. The second kappa shape index (κ2) is 5.76. The predicted octanol–water partition coefficient (Wildman–Crippen LogP) is 3.41. The van der Waals surface area contributed by atoms with Gasteiger partial charge in [-0.2, -0.15) is 0 Å². The number of hydrogen-bond acceptors (Lipinski definition) is 3. The smallest absolute Gasteiger partial charge is 0.134 e. The minimum absolute atomic E-state index is 0.136. The number of fused-ring (bicyclic) bond motifs is 1. The Kier molecular flexibility index (Phi) is 4.27. The first-order valence-electron chi connectivity index (χ1n) is 6.89. The van der Waals surface area contributed by atoms with Crippen molar-refractivity contribution in [1.29, 1.82) is 0 Å². The molecule has 0 saturated heterocycles. The number of rotatable bonds is 5. The van der Waals surface area contributed by atoms with Gasteiger partial charge in [0.2, 0.25) is 0 Å². The lowest BCUT2D eigenvalue weighted by atomic mass is 10.0. The summed E-state index contributed by atoms with van der Waals surface area (Å²) < 4.78 is 5.95. The highest BCUT2D eigenvalue weighted by atomic mass is 16.3. The second-order valence-corrected chi connectivity index (χ2v) is 5.42. The van der Waals surface area contributed by atoms with Crippen LogP contribution in [-0.2, 0) is 0 Å². The zero-order valence-electron chi connectivity index (χ0n) is 12.1. The van der Waals surface area contributed by atoms with Crippen molar-refractivity contribution in [2.75, 3.05) is 6.61 Å². The third-order valence-electron chi connectivity index (χ3n) is 3.93. The van der Waals surface area contributed by atoms with Gasteiger partial charge in [0.1, 0.15) is 11.3 Å². The van der Waals surface area contributed by atoms with Gasteiger partial charge in [-0.1, -0.05) is 25.1 Å². The highest BCUT2D eigenvalue weighted by Crippen LogP contribution is 2.29. The fourth-order valence-corrected chi connectivity index (χ4v) is 2.40. The molecule has 1 aromatic heterocycles. The molecule has 0 aliphatic heterocycles. The van der Waals surface area contributed by atoms with E-state index in [0.29, 0.717) is 0 Å². The molecule has 2 aromatic rings. The first-order chi connectivity index (χ1) is 9.04. The summed E-state index contributed by atoms with van der Waals surface area (Å²) >= 11 is 0. The van der Waals surface area contributed by atoms with E-state index in [-0.39, 0.29) is 24.6 Å². The Bertz CT molecular complexity index is 547. The van der Waals surface area contributed by atoms with Crippen molar-refractivity contribution in [3.8, 4) is 0 Å². The van der Waals surface area contributed by atoms with Gasteiger partial charge in [0.15, 0.2) is 0 Å². The molecule has 1 heterocycles. The molecule has 3 nitrogen and oxygen atoms in total. The van der Waals surface area contributed by atoms with Crippen molar-refractivity contribution in [2.24, 2.45) is 5.92 Å². The SMILES string of the molecule is Cc1c(C(C)NC(C)C(C)CO)oc2ccccc12. The van der Waals surface area contributed by atoms with Crippen LogP contribution >= 0.6 is 0 Å². The Morgan fingerprint density at radius 2 is 1.89 bits per heavy atom. The van der Waals surface area contributed by atoms with Crippen molar-refractivity contribution >= 4 is 11.0 Å². The predicted molar refractivity (Wildman–Crippen MR) is 78.2 cm³/mol. The third kappa shape index (κ3) is 2.82. The van der Waals surface area contributed by atoms with E-state index in [1.165, 1.54) is 10.9 Å². The molecule has 104 valence electrons. The van der Waals surface area contributed by atoms with Crippen molar-refractivity contribution in [3.05, 3.63) is 35.6 Å². The summed E-state index contributed by atoms with van der Waals surface area (Å²) in [5.41, 5.74) is 2.13. The van der Waals surface area contributed by atoms with Crippen molar-refractivity contribution in [1.82, 2.24) is 5.32 Å². The molecule has 0 spiro atoms. The van der Waals surface area contributed by atoms with Crippen molar-refractivity contribution in [2.45, 2.75) is 39.8 Å². The summed E-state index contributed by atoms with van der Waals surface area (Å²) in [4.78, 5) is 0. The molecule has 0 radical (unpaired) electrons. The maximum Gasteiger partial charge on any atom is 0.134 e. The maximum absolute atomic E-state index is 9.19. The van der Waals surface area contributed by atoms with E-state index in [1.807, 2.05) is 25.1 Å². The van der Waals surface area contributed by atoms with Crippen LogP contribution in [0.3, 0.4) is 0 Å². The number of benzene rings is 1. The molecule has 0 saturated carbocycles. The van der Waals surface area contributed by atoms with Crippen LogP contribution in [0.2, 0.25) is 0 Å². The number of hydrogen-bond donors (Lipinski definition) is 2. The van der Waals surface area contributed by atoms with Crippen molar-refractivity contribution < 1.29 is 9.52 Å². The van der Waals surface area contributed by atoms with Gasteiger partial charge >= 0.3 is 0 Å². The van der Waals surface area contributed by atoms with E-state index in [4.69, 9.17) is 4.42 Å². The molecule has 1 aromatic carbocycles. The Balaban J connectivity index is 2.22. The first-order valence-corrected chi connectivity index (χ1v) is 6.89. The largest absolute Gasteiger partial charge is 0.459 e. The molecule has 3 heteroatoms. The quantitative estimate of drug-likeness (QED) is 0.867. The lowest BCUT2D eigenvalue weighted by Crippen LogP contribution is -2.35. The summed E-state index contributed by atoms with van der Waals surface area (Å²) in [6.45, 7) is 8.52. The number of para-hydroxylation sites is 1. The fraction of sp³-hybridized carbons (Fsp3) is 0.500. The number of aliphatic hydroxyl groups is 1. The van der Waals surface area contributed by atoms with E-state index in [0.717, 1.165) is 11.3 Å². The number of aliphatic hydroxyl groups excluding tert-OH is 1.